The normalized spacial score (nSPS) is 27.6. The Labute approximate surface area is 130 Å². The zero-order valence-electron chi connectivity index (χ0n) is 14.5. The lowest BCUT2D eigenvalue weighted by Gasteiger charge is -2.43. The van der Waals surface area contributed by atoms with E-state index in [-0.39, 0.29) is 0 Å². The van der Waals surface area contributed by atoms with E-state index in [1.165, 1.54) is 25.9 Å². The summed E-state index contributed by atoms with van der Waals surface area (Å²) in [6, 6.07) is 0.701. The molecule has 2 heteroatoms. The van der Waals surface area contributed by atoms with E-state index < -0.39 is 0 Å². The highest BCUT2D eigenvalue weighted by Gasteiger charge is 2.47. The summed E-state index contributed by atoms with van der Waals surface area (Å²) in [5, 5.41) is 0.720. The van der Waals surface area contributed by atoms with Crippen molar-refractivity contribution >= 4 is 11.8 Å². The minimum absolute atomic E-state index is 0.457. The number of rotatable bonds is 3. The van der Waals surface area contributed by atoms with Crippen LogP contribution in [0.3, 0.4) is 0 Å². The van der Waals surface area contributed by atoms with Crippen molar-refractivity contribution in [2.45, 2.75) is 77.3 Å². The molecule has 0 radical (unpaired) electrons. The van der Waals surface area contributed by atoms with Gasteiger partial charge in [-0.25, -0.2) is 0 Å². The predicted molar refractivity (Wildman–Crippen MR) is 92.4 cm³/mol. The third-order valence-electron chi connectivity index (χ3n) is 5.18. The highest BCUT2D eigenvalue weighted by Crippen LogP contribution is 2.56. The van der Waals surface area contributed by atoms with Gasteiger partial charge in [-0.3, -0.25) is 0 Å². The molecule has 0 aromatic carbocycles. The Morgan fingerprint density at radius 2 is 1.55 bits per heavy atom. The van der Waals surface area contributed by atoms with Crippen molar-refractivity contribution in [1.29, 1.82) is 0 Å². The second-order valence-electron chi connectivity index (χ2n) is 7.56. The molecule has 2 heterocycles. The molecular formula is C18H33NS. The molecule has 20 heavy (non-hydrogen) atoms. The Bertz CT molecular complexity index is 373. The van der Waals surface area contributed by atoms with E-state index in [0.717, 1.165) is 5.25 Å². The van der Waals surface area contributed by atoms with Crippen LogP contribution in [0.15, 0.2) is 11.1 Å². The van der Waals surface area contributed by atoms with E-state index in [4.69, 9.17) is 0 Å². The maximum atomic E-state index is 2.65. The van der Waals surface area contributed by atoms with Crippen molar-refractivity contribution in [2.24, 2.45) is 11.8 Å². The molecule has 1 fully saturated rings. The molecule has 1 spiro atoms. The molecule has 2 rings (SSSR count). The van der Waals surface area contributed by atoms with Gasteiger partial charge in [0.1, 0.15) is 0 Å². The van der Waals surface area contributed by atoms with Crippen molar-refractivity contribution in [2.75, 3.05) is 13.1 Å². The van der Waals surface area contributed by atoms with E-state index in [1.54, 1.807) is 5.57 Å². The smallest absolute Gasteiger partial charge is 0.0403 e. The Morgan fingerprint density at radius 3 is 1.95 bits per heavy atom. The molecule has 1 saturated heterocycles. The highest BCUT2D eigenvalue weighted by atomic mass is 32.2. The van der Waals surface area contributed by atoms with Crippen molar-refractivity contribution in [3.8, 4) is 0 Å². The van der Waals surface area contributed by atoms with Gasteiger partial charge in [-0.05, 0) is 45.4 Å². The average molecular weight is 296 g/mol. The number of piperidine rings is 1. The average Bonchev–Trinajstić information content (AvgIpc) is 2.62. The van der Waals surface area contributed by atoms with Crippen LogP contribution in [0.25, 0.3) is 0 Å². The Hall–Kier alpha value is 0.0500. The monoisotopic (exact) mass is 295 g/mol. The number of thioether (sulfide) groups is 1. The fraction of sp³-hybridized carbons (Fsp3) is 0.889. The summed E-state index contributed by atoms with van der Waals surface area (Å²) < 4.78 is 0.457. The van der Waals surface area contributed by atoms with Crippen LogP contribution >= 0.6 is 11.8 Å². The lowest BCUT2D eigenvalue weighted by atomic mass is 9.77. The summed E-state index contributed by atoms with van der Waals surface area (Å²) in [4.78, 5) is 2.65. The fourth-order valence-electron chi connectivity index (χ4n) is 4.38. The van der Waals surface area contributed by atoms with Crippen LogP contribution in [0.5, 0.6) is 0 Å². The van der Waals surface area contributed by atoms with Gasteiger partial charge in [-0.1, -0.05) is 38.8 Å². The topological polar surface area (TPSA) is 3.24 Å². The van der Waals surface area contributed by atoms with Gasteiger partial charge in [0, 0.05) is 29.1 Å². The van der Waals surface area contributed by atoms with Gasteiger partial charge in [0.25, 0.3) is 0 Å². The van der Waals surface area contributed by atoms with Gasteiger partial charge in [0.15, 0.2) is 0 Å². The van der Waals surface area contributed by atoms with Crippen molar-refractivity contribution < 1.29 is 0 Å². The second kappa shape index (κ2) is 6.04. The molecule has 0 aliphatic carbocycles. The molecule has 1 atom stereocenters. The summed E-state index contributed by atoms with van der Waals surface area (Å²) in [6.07, 6.45) is 2.70. The zero-order chi connectivity index (χ0) is 15.1. The third-order valence-corrected chi connectivity index (χ3v) is 6.86. The van der Waals surface area contributed by atoms with Crippen molar-refractivity contribution in [3.05, 3.63) is 11.1 Å². The van der Waals surface area contributed by atoms with E-state index in [1.807, 2.05) is 5.57 Å². The molecule has 0 aromatic heterocycles. The van der Waals surface area contributed by atoms with Crippen LogP contribution in [-0.4, -0.2) is 34.0 Å². The standard InChI is InChI=1S/C18H33NS/c1-12(2)16-15(7)20-18(17(16)13(3)4)8-10-19(11-9-18)14(5)6/h12-15H,8-11H2,1-7H3/t15-/m0/s1. The first-order valence-corrected chi connectivity index (χ1v) is 9.32. The summed E-state index contributed by atoms with van der Waals surface area (Å²) in [7, 11) is 0. The van der Waals surface area contributed by atoms with Crippen molar-refractivity contribution in [1.82, 2.24) is 4.90 Å². The fourth-order valence-corrected chi connectivity index (χ4v) is 6.48. The number of likely N-dealkylation sites (tertiary alicyclic amines) is 1. The molecule has 0 saturated carbocycles. The number of nitrogens with zero attached hydrogens (tertiary/aromatic N) is 1. The summed E-state index contributed by atoms with van der Waals surface area (Å²) in [5.41, 5.74) is 3.58. The van der Waals surface area contributed by atoms with E-state index in [2.05, 4.69) is 65.1 Å². The summed E-state index contributed by atoms with van der Waals surface area (Å²) in [5.74, 6) is 1.41. The minimum Gasteiger partial charge on any atom is -0.301 e. The van der Waals surface area contributed by atoms with E-state index >= 15 is 0 Å². The van der Waals surface area contributed by atoms with Crippen LogP contribution < -0.4 is 0 Å². The van der Waals surface area contributed by atoms with Crippen LogP contribution in [0.2, 0.25) is 0 Å². The minimum atomic E-state index is 0.457. The van der Waals surface area contributed by atoms with E-state index in [9.17, 15) is 0 Å². The first kappa shape index (κ1) is 16.4. The third kappa shape index (κ3) is 2.83. The molecule has 1 nitrogen and oxygen atoms in total. The van der Waals surface area contributed by atoms with Crippen molar-refractivity contribution in [3.63, 3.8) is 0 Å². The largest absolute Gasteiger partial charge is 0.301 e. The first-order valence-electron chi connectivity index (χ1n) is 8.45. The molecule has 0 N–H and O–H groups in total. The highest BCUT2D eigenvalue weighted by molar-refractivity contribution is 8.02. The first-order chi connectivity index (χ1) is 9.28. The Balaban J connectivity index is 2.29. The molecule has 0 amide bonds. The summed E-state index contributed by atoms with van der Waals surface area (Å²) >= 11 is 2.27. The molecular weight excluding hydrogens is 262 g/mol. The summed E-state index contributed by atoms with van der Waals surface area (Å²) in [6.45, 7) is 19.3. The molecule has 2 aliphatic heterocycles. The van der Waals surface area contributed by atoms with Gasteiger partial charge in [-0.2, -0.15) is 0 Å². The van der Waals surface area contributed by atoms with E-state index in [0.29, 0.717) is 22.6 Å². The van der Waals surface area contributed by atoms with Gasteiger partial charge >= 0.3 is 0 Å². The number of hydrogen-bond acceptors (Lipinski definition) is 2. The molecule has 0 aromatic rings. The maximum Gasteiger partial charge on any atom is 0.0403 e. The Kier molecular flexibility index (Phi) is 4.96. The quantitative estimate of drug-likeness (QED) is 0.676. The molecule has 2 aliphatic rings. The predicted octanol–water partition coefficient (Wildman–Crippen LogP) is 4.97. The lowest BCUT2D eigenvalue weighted by molar-refractivity contribution is 0.169. The van der Waals surface area contributed by atoms with Crippen LogP contribution in [0, 0.1) is 11.8 Å². The van der Waals surface area contributed by atoms with Crippen LogP contribution in [-0.2, 0) is 0 Å². The van der Waals surface area contributed by atoms with Gasteiger partial charge in [0.2, 0.25) is 0 Å². The van der Waals surface area contributed by atoms with Crippen LogP contribution in [0.4, 0.5) is 0 Å². The zero-order valence-corrected chi connectivity index (χ0v) is 15.3. The second-order valence-corrected chi connectivity index (χ2v) is 9.29. The molecule has 0 unspecified atom stereocenters. The molecule has 116 valence electrons. The lowest BCUT2D eigenvalue weighted by Crippen LogP contribution is -2.46. The maximum absolute atomic E-state index is 2.65. The Morgan fingerprint density at radius 1 is 1.00 bits per heavy atom. The number of hydrogen-bond donors (Lipinski definition) is 0. The van der Waals surface area contributed by atoms with Gasteiger partial charge in [0.05, 0.1) is 0 Å². The SMILES string of the molecule is CC(C)C1=C(C(C)C)C2(CCN(C(C)C)CC2)S[C@H]1C. The van der Waals surface area contributed by atoms with Crippen LogP contribution in [0.1, 0.15) is 61.3 Å². The van der Waals surface area contributed by atoms with Gasteiger partial charge in [-0.15, -0.1) is 11.8 Å². The van der Waals surface area contributed by atoms with Gasteiger partial charge < -0.3 is 4.90 Å². The molecule has 0 bridgehead atoms.